The van der Waals surface area contributed by atoms with Crippen molar-refractivity contribution < 1.29 is 23.7 Å². The van der Waals surface area contributed by atoms with E-state index >= 15 is 0 Å². The zero-order chi connectivity index (χ0) is 16.9. The molecule has 0 bridgehead atoms. The largest absolute Gasteiger partial charge is 0.493 e. The number of hydrogen-bond acceptors (Lipinski definition) is 5. The number of hydrogen-bond donors (Lipinski definition) is 0. The summed E-state index contributed by atoms with van der Waals surface area (Å²) in [5, 5.41) is 0. The fourth-order valence-electron chi connectivity index (χ4n) is 2.96. The van der Waals surface area contributed by atoms with Crippen LogP contribution in [0.4, 0.5) is 0 Å². The van der Waals surface area contributed by atoms with Crippen LogP contribution in [-0.2, 0) is 20.7 Å². The average Bonchev–Trinajstić information content (AvgIpc) is 3.06. The monoisotopic (exact) mass is 333 g/mol. The van der Waals surface area contributed by atoms with Crippen molar-refractivity contribution in [3.8, 4) is 11.5 Å². The van der Waals surface area contributed by atoms with Crippen LogP contribution in [-0.4, -0.2) is 51.1 Å². The maximum Gasteiger partial charge on any atom is 0.230 e. The second kappa shape index (κ2) is 7.68. The van der Waals surface area contributed by atoms with Crippen LogP contribution in [0.1, 0.15) is 24.0 Å². The molecule has 0 atom stereocenters. The summed E-state index contributed by atoms with van der Waals surface area (Å²) in [5.74, 6) is 1.38. The number of methoxy groups -OCH3 is 2. The van der Waals surface area contributed by atoms with Gasteiger partial charge in [-0.25, -0.2) is 0 Å². The lowest BCUT2D eigenvalue weighted by molar-refractivity contribution is -0.128. The number of carbonyl (C=O) groups is 1. The molecule has 1 saturated heterocycles. The van der Waals surface area contributed by atoms with Crippen LogP contribution in [0.15, 0.2) is 18.3 Å². The molecule has 2 aliphatic heterocycles. The van der Waals surface area contributed by atoms with Crippen molar-refractivity contribution in [2.45, 2.75) is 25.6 Å². The van der Waals surface area contributed by atoms with E-state index in [1.165, 1.54) is 0 Å². The van der Waals surface area contributed by atoms with Crippen LogP contribution in [0.25, 0.3) is 6.08 Å². The number of fused-ring (bicyclic) bond motifs is 1. The predicted molar refractivity (Wildman–Crippen MR) is 88.9 cm³/mol. The Labute approximate surface area is 141 Å². The number of carbonyl (C=O) groups excluding carboxylic acids is 1. The molecule has 6 heteroatoms. The SMILES string of the molecule is COc1cc2c(cc1OC)CC(=O)N(CCCC1OCCO1)C=C2. The van der Waals surface area contributed by atoms with Gasteiger partial charge in [-0.2, -0.15) is 0 Å². The summed E-state index contributed by atoms with van der Waals surface area (Å²) in [4.78, 5) is 14.3. The Morgan fingerprint density at radius 1 is 1.17 bits per heavy atom. The predicted octanol–water partition coefficient (Wildman–Crippen LogP) is 2.21. The fourth-order valence-corrected chi connectivity index (χ4v) is 2.96. The van der Waals surface area contributed by atoms with Crippen LogP contribution in [0.3, 0.4) is 0 Å². The number of amides is 1. The lowest BCUT2D eigenvalue weighted by Gasteiger charge is -2.18. The molecule has 0 aromatic heterocycles. The third kappa shape index (κ3) is 3.71. The molecule has 0 saturated carbocycles. The van der Waals surface area contributed by atoms with Gasteiger partial charge in [0.15, 0.2) is 17.8 Å². The average molecular weight is 333 g/mol. The van der Waals surface area contributed by atoms with Crippen molar-refractivity contribution in [1.29, 1.82) is 0 Å². The van der Waals surface area contributed by atoms with E-state index in [0.717, 1.165) is 24.0 Å². The van der Waals surface area contributed by atoms with E-state index in [-0.39, 0.29) is 12.2 Å². The van der Waals surface area contributed by atoms with Gasteiger partial charge in [-0.15, -0.1) is 0 Å². The highest BCUT2D eigenvalue weighted by atomic mass is 16.7. The van der Waals surface area contributed by atoms with Gasteiger partial charge in [-0.05, 0) is 35.8 Å². The van der Waals surface area contributed by atoms with E-state index in [0.29, 0.717) is 37.7 Å². The smallest absolute Gasteiger partial charge is 0.230 e. The normalized spacial score (nSPS) is 17.8. The quantitative estimate of drug-likeness (QED) is 0.799. The van der Waals surface area contributed by atoms with Crippen LogP contribution in [0.5, 0.6) is 11.5 Å². The fraction of sp³-hybridized carbons (Fsp3) is 0.500. The first-order valence-corrected chi connectivity index (χ1v) is 8.17. The van der Waals surface area contributed by atoms with E-state index in [2.05, 4.69) is 0 Å². The zero-order valence-electron chi connectivity index (χ0n) is 14.1. The van der Waals surface area contributed by atoms with Crippen LogP contribution < -0.4 is 9.47 Å². The molecule has 2 aliphatic rings. The summed E-state index contributed by atoms with van der Waals surface area (Å²) in [7, 11) is 3.20. The minimum atomic E-state index is -0.123. The molecule has 0 N–H and O–H groups in total. The Morgan fingerprint density at radius 3 is 2.58 bits per heavy atom. The molecule has 3 rings (SSSR count). The van der Waals surface area contributed by atoms with E-state index in [4.69, 9.17) is 18.9 Å². The first kappa shape index (κ1) is 16.8. The molecule has 1 amide bonds. The number of rotatable bonds is 6. The van der Waals surface area contributed by atoms with E-state index in [1.54, 1.807) is 19.1 Å². The summed E-state index contributed by atoms with van der Waals surface area (Å²) in [6.07, 6.45) is 5.65. The first-order valence-electron chi connectivity index (χ1n) is 8.17. The van der Waals surface area contributed by atoms with Gasteiger partial charge in [0.2, 0.25) is 5.91 Å². The molecule has 0 radical (unpaired) electrons. The summed E-state index contributed by atoms with van der Waals surface area (Å²) in [6, 6.07) is 3.78. The third-order valence-corrected chi connectivity index (χ3v) is 4.27. The van der Waals surface area contributed by atoms with Gasteiger partial charge in [0.1, 0.15) is 0 Å². The highest BCUT2D eigenvalue weighted by molar-refractivity contribution is 5.84. The summed E-state index contributed by atoms with van der Waals surface area (Å²) in [6.45, 7) is 1.97. The Hall–Kier alpha value is -2.05. The molecule has 0 spiro atoms. The van der Waals surface area contributed by atoms with Crippen molar-refractivity contribution in [2.75, 3.05) is 34.0 Å². The summed E-state index contributed by atoms with van der Waals surface area (Å²) >= 11 is 0. The Balaban J connectivity index is 1.66. The highest BCUT2D eigenvalue weighted by Gasteiger charge is 2.21. The minimum absolute atomic E-state index is 0.0745. The molecule has 0 aliphatic carbocycles. The number of ether oxygens (including phenoxy) is 4. The highest BCUT2D eigenvalue weighted by Crippen LogP contribution is 2.32. The zero-order valence-corrected chi connectivity index (χ0v) is 14.1. The molecule has 1 aromatic carbocycles. The number of nitrogens with zero attached hydrogens (tertiary/aromatic N) is 1. The third-order valence-electron chi connectivity index (χ3n) is 4.27. The van der Waals surface area contributed by atoms with Crippen molar-refractivity contribution in [3.63, 3.8) is 0 Å². The lowest BCUT2D eigenvalue weighted by Crippen LogP contribution is -2.28. The standard InChI is InChI=1S/C18H23NO5/c1-21-15-10-13-5-7-19(6-3-4-18-23-8-9-24-18)17(20)12-14(13)11-16(15)22-2/h5,7,10-11,18H,3-4,6,8-9,12H2,1-2H3. The van der Waals surface area contributed by atoms with Crippen molar-refractivity contribution in [1.82, 2.24) is 4.90 Å². The van der Waals surface area contributed by atoms with Gasteiger partial charge in [0.25, 0.3) is 0 Å². The molecule has 24 heavy (non-hydrogen) atoms. The van der Waals surface area contributed by atoms with Crippen LogP contribution in [0.2, 0.25) is 0 Å². The molecular weight excluding hydrogens is 310 g/mol. The Bertz CT molecular complexity index is 622. The van der Waals surface area contributed by atoms with Crippen molar-refractivity contribution in [2.24, 2.45) is 0 Å². The van der Waals surface area contributed by atoms with Gasteiger partial charge >= 0.3 is 0 Å². The number of benzene rings is 1. The molecule has 130 valence electrons. The molecule has 6 nitrogen and oxygen atoms in total. The van der Waals surface area contributed by atoms with E-state index in [9.17, 15) is 4.79 Å². The van der Waals surface area contributed by atoms with Gasteiger partial charge in [0.05, 0.1) is 33.9 Å². The van der Waals surface area contributed by atoms with E-state index in [1.807, 2.05) is 24.4 Å². The maximum atomic E-state index is 12.5. The Morgan fingerprint density at radius 2 is 1.88 bits per heavy atom. The molecular formula is C18H23NO5. The summed E-state index contributed by atoms with van der Waals surface area (Å²) in [5.41, 5.74) is 1.92. The van der Waals surface area contributed by atoms with Crippen LogP contribution in [0, 0.1) is 0 Å². The molecule has 0 unspecified atom stereocenters. The van der Waals surface area contributed by atoms with Gasteiger partial charge in [0, 0.05) is 19.2 Å². The van der Waals surface area contributed by atoms with Crippen molar-refractivity contribution >= 4 is 12.0 Å². The molecule has 1 aromatic rings. The van der Waals surface area contributed by atoms with Gasteiger partial charge in [-0.3, -0.25) is 4.79 Å². The van der Waals surface area contributed by atoms with Crippen LogP contribution >= 0.6 is 0 Å². The Kier molecular flexibility index (Phi) is 5.37. The van der Waals surface area contributed by atoms with E-state index < -0.39 is 0 Å². The second-order valence-electron chi connectivity index (χ2n) is 5.80. The van der Waals surface area contributed by atoms with Gasteiger partial charge in [-0.1, -0.05) is 0 Å². The minimum Gasteiger partial charge on any atom is -0.493 e. The second-order valence-corrected chi connectivity index (χ2v) is 5.80. The topological polar surface area (TPSA) is 57.2 Å². The lowest BCUT2D eigenvalue weighted by atomic mass is 10.0. The molecule has 2 heterocycles. The molecule has 1 fully saturated rings. The summed E-state index contributed by atoms with van der Waals surface area (Å²) < 4.78 is 21.5. The first-order chi connectivity index (χ1) is 11.7. The maximum absolute atomic E-state index is 12.5. The van der Waals surface area contributed by atoms with Gasteiger partial charge < -0.3 is 23.8 Å². The van der Waals surface area contributed by atoms with Crippen molar-refractivity contribution in [3.05, 3.63) is 29.5 Å².